The summed E-state index contributed by atoms with van der Waals surface area (Å²) in [6, 6.07) is 6.04. The number of aliphatic hydroxyl groups is 1. The predicted molar refractivity (Wildman–Crippen MR) is 73.3 cm³/mol. The molecule has 2 atom stereocenters. The lowest BCUT2D eigenvalue weighted by Gasteiger charge is -2.22. The van der Waals surface area contributed by atoms with Crippen LogP contribution in [0.5, 0.6) is 0 Å². The summed E-state index contributed by atoms with van der Waals surface area (Å²) in [5, 5.41) is 11.7. The monoisotopic (exact) mass is 267 g/mol. The lowest BCUT2D eigenvalue weighted by atomic mass is 9.85. The van der Waals surface area contributed by atoms with E-state index >= 15 is 0 Å². The minimum absolute atomic E-state index is 0.0477. The van der Waals surface area contributed by atoms with Gasteiger partial charge in [-0.25, -0.2) is 4.39 Å². The molecule has 0 saturated heterocycles. The van der Waals surface area contributed by atoms with Gasteiger partial charge in [0.1, 0.15) is 5.82 Å². The summed E-state index contributed by atoms with van der Waals surface area (Å²) < 4.78 is 12.9. The quantitative estimate of drug-likeness (QED) is 0.831. The number of benzene rings is 1. The molecule has 106 valence electrons. The van der Waals surface area contributed by atoms with Crippen molar-refractivity contribution < 1.29 is 14.3 Å². The van der Waals surface area contributed by atoms with Gasteiger partial charge in [-0.1, -0.05) is 26.0 Å². The van der Waals surface area contributed by atoms with Gasteiger partial charge in [0.25, 0.3) is 0 Å². The highest BCUT2D eigenvalue weighted by Crippen LogP contribution is 2.28. The first-order valence-corrected chi connectivity index (χ1v) is 6.59. The molecule has 3 nitrogen and oxygen atoms in total. The molecule has 0 saturated carbocycles. The van der Waals surface area contributed by atoms with Crippen LogP contribution in [0.25, 0.3) is 0 Å². The highest BCUT2D eigenvalue weighted by atomic mass is 19.1. The Balaban J connectivity index is 2.73. The highest BCUT2D eigenvalue weighted by molar-refractivity contribution is 5.77. The van der Waals surface area contributed by atoms with Gasteiger partial charge in [-0.2, -0.15) is 0 Å². The van der Waals surface area contributed by atoms with E-state index in [1.807, 2.05) is 13.8 Å². The van der Waals surface area contributed by atoms with Crippen molar-refractivity contribution in [2.75, 3.05) is 6.61 Å². The first-order valence-electron chi connectivity index (χ1n) is 6.59. The topological polar surface area (TPSA) is 49.3 Å². The van der Waals surface area contributed by atoms with E-state index in [-0.39, 0.29) is 36.2 Å². The van der Waals surface area contributed by atoms with Crippen LogP contribution in [0.1, 0.15) is 38.7 Å². The van der Waals surface area contributed by atoms with Gasteiger partial charge in [0, 0.05) is 12.5 Å². The van der Waals surface area contributed by atoms with E-state index in [4.69, 9.17) is 5.11 Å². The largest absolute Gasteiger partial charge is 0.394 e. The molecule has 2 unspecified atom stereocenters. The third-order valence-electron chi connectivity index (χ3n) is 3.19. The molecule has 0 fully saturated rings. The molecule has 19 heavy (non-hydrogen) atoms. The maximum absolute atomic E-state index is 12.9. The number of halogens is 1. The van der Waals surface area contributed by atoms with E-state index in [1.54, 1.807) is 19.1 Å². The molecule has 0 heterocycles. The lowest BCUT2D eigenvalue weighted by Crippen LogP contribution is -2.36. The van der Waals surface area contributed by atoms with E-state index in [2.05, 4.69) is 5.32 Å². The van der Waals surface area contributed by atoms with Crippen LogP contribution in [0.15, 0.2) is 24.3 Å². The number of amides is 1. The number of hydrogen-bond donors (Lipinski definition) is 2. The van der Waals surface area contributed by atoms with E-state index in [9.17, 15) is 9.18 Å². The number of carbonyl (C=O) groups excluding carboxylic acids is 1. The summed E-state index contributed by atoms with van der Waals surface area (Å²) in [4.78, 5) is 11.9. The van der Waals surface area contributed by atoms with Gasteiger partial charge in [0.15, 0.2) is 0 Å². The Morgan fingerprint density at radius 2 is 1.84 bits per heavy atom. The summed E-state index contributed by atoms with van der Waals surface area (Å²) in [5.41, 5.74) is 0.961. The van der Waals surface area contributed by atoms with Crippen molar-refractivity contribution >= 4 is 5.91 Å². The van der Waals surface area contributed by atoms with Crippen LogP contribution in [0.3, 0.4) is 0 Å². The molecular weight excluding hydrogens is 245 g/mol. The first kappa shape index (κ1) is 15.6. The van der Waals surface area contributed by atoms with Gasteiger partial charge in [-0.3, -0.25) is 4.79 Å². The summed E-state index contributed by atoms with van der Waals surface area (Å²) >= 11 is 0. The van der Waals surface area contributed by atoms with Gasteiger partial charge in [0.05, 0.1) is 6.61 Å². The van der Waals surface area contributed by atoms with Crippen molar-refractivity contribution in [2.24, 2.45) is 5.92 Å². The van der Waals surface area contributed by atoms with Crippen LogP contribution in [-0.2, 0) is 4.79 Å². The Hall–Kier alpha value is -1.42. The van der Waals surface area contributed by atoms with Crippen molar-refractivity contribution in [3.05, 3.63) is 35.6 Å². The number of nitrogens with one attached hydrogen (secondary N) is 1. The Bertz CT molecular complexity index is 403. The number of aliphatic hydroxyl groups excluding tert-OH is 1. The van der Waals surface area contributed by atoms with Crippen LogP contribution < -0.4 is 5.32 Å². The van der Waals surface area contributed by atoms with Gasteiger partial charge >= 0.3 is 0 Å². The average molecular weight is 267 g/mol. The van der Waals surface area contributed by atoms with Crippen LogP contribution in [-0.4, -0.2) is 23.7 Å². The second-order valence-electron chi connectivity index (χ2n) is 5.26. The fourth-order valence-corrected chi connectivity index (χ4v) is 2.03. The summed E-state index contributed by atoms with van der Waals surface area (Å²) in [5.74, 6) is -0.0404. The zero-order valence-corrected chi connectivity index (χ0v) is 11.7. The van der Waals surface area contributed by atoms with Gasteiger partial charge in [0.2, 0.25) is 5.91 Å². The SMILES string of the molecule is CC(CO)NC(=O)CC(c1ccc(F)cc1)C(C)C. The number of hydrogen-bond acceptors (Lipinski definition) is 2. The summed E-state index contributed by atoms with van der Waals surface area (Å²) in [6.45, 7) is 5.75. The molecule has 4 heteroatoms. The Morgan fingerprint density at radius 1 is 1.26 bits per heavy atom. The normalized spacial score (nSPS) is 14.2. The molecule has 1 rings (SSSR count). The van der Waals surface area contributed by atoms with E-state index in [0.717, 1.165) is 5.56 Å². The van der Waals surface area contributed by atoms with E-state index in [0.29, 0.717) is 6.42 Å². The summed E-state index contributed by atoms with van der Waals surface area (Å²) in [7, 11) is 0. The van der Waals surface area contributed by atoms with Crippen LogP contribution in [0.4, 0.5) is 4.39 Å². The minimum Gasteiger partial charge on any atom is -0.394 e. The highest BCUT2D eigenvalue weighted by Gasteiger charge is 2.20. The Kier molecular flexibility index (Phi) is 5.96. The molecule has 0 spiro atoms. The summed E-state index contributed by atoms with van der Waals surface area (Å²) in [6.07, 6.45) is 0.341. The molecule has 0 aliphatic heterocycles. The molecule has 0 radical (unpaired) electrons. The fraction of sp³-hybridized carbons (Fsp3) is 0.533. The number of carbonyl (C=O) groups is 1. The van der Waals surface area contributed by atoms with Crippen molar-refractivity contribution in [2.45, 2.75) is 39.2 Å². The zero-order valence-electron chi connectivity index (χ0n) is 11.7. The predicted octanol–water partition coefficient (Wildman–Crippen LogP) is 2.45. The van der Waals surface area contributed by atoms with Crippen molar-refractivity contribution in [1.82, 2.24) is 5.32 Å². The molecule has 0 aromatic heterocycles. The second kappa shape index (κ2) is 7.24. The third-order valence-corrected chi connectivity index (χ3v) is 3.19. The van der Waals surface area contributed by atoms with Crippen LogP contribution in [0.2, 0.25) is 0 Å². The van der Waals surface area contributed by atoms with Gasteiger partial charge < -0.3 is 10.4 Å². The molecule has 1 aromatic rings. The molecule has 0 aliphatic carbocycles. The molecule has 0 bridgehead atoms. The fourth-order valence-electron chi connectivity index (χ4n) is 2.03. The molecular formula is C15H22FNO2. The van der Waals surface area contributed by atoms with E-state index in [1.165, 1.54) is 12.1 Å². The first-order chi connectivity index (χ1) is 8.93. The maximum Gasteiger partial charge on any atom is 0.220 e. The number of rotatable bonds is 6. The Labute approximate surface area is 113 Å². The molecule has 1 aromatic carbocycles. The van der Waals surface area contributed by atoms with Gasteiger partial charge in [-0.15, -0.1) is 0 Å². The van der Waals surface area contributed by atoms with Gasteiger partial charge in [-0.05, 0) is 36.5 Å². The smallest absolute Gasteiger partial charge is 0.220 e. The maximum atomic E-state index is 12.9. The second-order valence-corrected chi connectivity index (χ2v) is 5.26. The molecule has 0 aliphatic rings. The molecule has 1 amide bonds. The standard InChI is InChI=1S/C15H22FNO2/c1-10(2)14(8-15(19)17-11(3)9-18)12-4-6-13(16)7-5-12/h4-7,10-11,14,18H,8-9H2,1-3H3,(H,17,19). The van der Waals surface area contributed by atoms with Crippen molar-refractivity contribution in [1.29, 1.82) is 0 Å². The lowest BCUT2D eigenvalue weighted by molar-refractivity contribution is -0.122. The minimum atomic E-state index is -0.274. The molecule has 2 N–H and O–H groups in total. The zero-order chi connectivity index (χ0) is 14.4. The van der Waals surface area contributed by atoms with Crippen LogP contribution in [0, 0.1) is 11.7 Å². The average Bonchev–Trinajstić information content (AvgIpc) is 2.36. The van der Waals surface area contributed by atoms with Crippen LogP contribution >= 0.6 is 0 Å². The van der Waals surface area contributed by atoms with E-state index < -0.39 is 0 Å². The van der Waals surface area contributed by atoms with Crippen molar-refractivity contribution in [3.63, 3.8) is 0 Å². The third kappa shape index (κ3) is 4.99. The van der Waals surface area contributed by atoms with Crippen molar-refractivity contribution in [3.8, 4) is 0 Å². The Morgan fingerprint density at radius 3 is 2.32 bits per heavy atom.